The van der Waals surface area contributed by atoms with Crippen LogP contribution in [0.1, 0.15) is 21.6 Å². The molecule has 0 bridgehead atoms. The first-order valence-corrected chi connectivity index (χ1v) is 5.19. The number of nitrogens with zero attached hydrogens (tertiary/aromatic N) is 1. The molecule has 0 aliphatic rings. The van der Waals surface area contributed by atoms with E-state index >= 15 is 0 Å². The summed E-state index contributed by atoms with van der Waals surface area (Å²) < 4.78 is 0. The molecule has 0 saturated carbocycles. The van der Waals surface area contributed by atoms with E-state index in [0.29, 0.717) is 5.56 Å². The summed E-state index contributed by atoms with van der Waals surface area (Å²) in [5, 5.41) is 0. The van der Waals surface area contributed by atoms with Crippen LogP contribution in [-0.2, 0) is 0 Å². The van der Waals surface area contributed by atoms with Gasteiger partial charge in [0.2, 0.25) is 0 Å². The molecule has 0 aliphatic heterocycles. The van der Waals surface area contributed by atoms with Crippen molar-refractivity contribution in [2.45, 2.75) is 13.8 Å². The van der Waals surface area contributed by atoms with Gasteiger partial charge < -0.3 is 0 Å². The minimum Gasteiger partial charge on any atom is -0.298 e. The molecule has 0 N–H and O–H groups in total. The zero-order chi connectivity index (χ0) is 11.5. The van der Waals surface area contributed by atoms with E-state index in [1.165, 1.54) is 0 Å². The number of hydrogen-bond acceptors (Lipinski definition) is 2. The lowest BCUT2D eigenvalue weighted by Crippen LogP contribution is -1.89. The maximum Gasteiger partial charge on any atom is 0.150 e. The van der Waals surface area contributed by atoms with E-state index in [4.69, 9.17) is 0 Å². The number of aromatic nitrogens is 1. The van der Waals surface area contributed by atoms with Gasteiger partial charge in [0.1, 0.15) is 6.29 Å². The van der Waals surface area contributed by atoms with Gasteiger partial charge in [0, 0.05) is 23.0 Å². The number of pyridine rings is 1. The van der Waals surface area contributed by atoms with Crippen LogP contribution in [0.15, 0.2) is 36.5 Å². The normalized spacial score (nSPS) is 10.1. The second kappa shape index (κ2) is 4.27. The van der Waals surface area contributed by atoms with Crippen LogP contribution in [0, 0.1) is 13.8 Å². The first-order valence-electron chi connectivity index (χ1n) is 5.19. The van der Waals surface area contributed by atoms with Crippen LogP contribution in [0.2, 0.25) is 0 Å². The van der Waals surface area contributed by atoms with Crippen molar-refractivity contribution in [1.29, 1.82) is 0 Å². The lowest BCUT2D eigenvalue weighted by Gasteiger charge is -2.05. The summed E-state index contributed by atoms with van der Waals surface area (Å²) in [6.07, 6.45) is 2.70. The third-order valence-electron chi connectivity index (χ3n) is 2.70. The highest BCUT2D eigenvalue weighted by Crippen LogP contribution is 2.21. The highest BCUT2D eigenvalue weighted by atomic mass is 16.1. The minimum absolute atomic E-state index is 0.690. The molecule has 2 nitrogen and oxygen atoms in total. The van der Waals surface area contributed by atoms with Gasteiger partial charge in [0.05, 0.1) is 0 Å². The molecule has 1 aromatic carbocycles. The molecular weight excluding hydrogens is 198 g/mol. The number of aryl methyl sites for hydroxylation is 2. The number of carbonyl (C=O) groups is 1. The fourth-order valence-electron chi connectivity index (χ4n) is 1.59. The summed E-state index contributed by atoms with van der Waals surface area (Å²) >= 11 is 0. The molecule has 2 rings (SSSR count). The van der Waals surface area contributed by atoms with E-state index in [1.54, 1.807) is 6.07 Å². The molecule has 0 aliphatic carbocycles. The Morgan fingerprint density at radius 2 is 1.94 bits per heavy atom. The van der Waals surface area contributed by atoms with E-state index in [-0.39, 0.29) is 0 Å². The van der Waals surface area contributed by atoms with Gasteiger partial charge in [0.25, 0.3) is 0 Å². The molecule has 16 heavy (non-hydrogen) atoms. The predicted molar refractivity (Wildman–Crippen MR) is 64.5 cm³/mol. The Labute approximate surface area is 95.0 Å². The quantitative estimate of drug-likeness (QED) is 0.714. The van der Waals surface area contributed by atoms with Crippen LogP contribution in [0.5, 0.6) is 0 Å². The largest absolute Gasteiger partial charge is 0.298 e. The molecule has 0 fully saturated rings. The van der Waals surface area contributed by atoms with Crippen molar-refractivity contribution >= 4 is 6.29 Å². The third kappa shape index (κ3) is 2.01. The summed E-state index contributed by atoms with van der Waals surface area (Å²) in [7, 11) is 0. The first kappa shape index (κ1) is 10.6. The van der Waals surface area contributed by atoms with Gasteiger partial charge in [0.15, 0.2) is 0 Å². The van der Waals surface area contributed by atoms with Crippen LogP contribution in [0.3, 0.4) is 0 Å². The maximum absolute atomic E-state index is 10.7. The van der Waals surface area contributed by atoms with E-state index in [9.17, 15) is 4.79 Å². The molecule has 0 amide bonds. The molecule has 0 atom stereocenters. The zero-order valence-corrected chi connectivity index (χ0v) is 9.40. The van der Waals surface area contributed by atoms with Gasteiger partial charge in [-0.1, -0.05) is 18.2 Å². The first-order chi connectivity index (χ1) is 7.70. The molecule has 1 aromatic heterocycles. The molecule has 2 heteroatoms. The van der Waals surface area contributed by atoms with E-state index in [1.807, 2.05) is 38.2 Å². The number of rotatable bonds is 2. The van der Waals surface area contributed by atoms with Crippen LogP contribution in [0.25, 0.3) is 11.1 Å². The van der Waals surface area contributed by atoms with Crippen LogP contribution in [-0.4, -0.2) is 11.3 Å². The smallest absolute Gasteiger partial charge is 0.150 e. The average Bonchev–Trinajstić information content (AvgIpc) is 2.33. The molecule has 80 valence electrons. The molecule has 0 radical (unpaired) electrons. The second-order valence-corrected chi connectivity index (χ2v) is 3.87. The number of benzene rings is 1. The topological polar surface area (TPSA) is 30.0 Å². The lowest BCUT2D eigenvalue weighted by atomic mass is 10.0. The molecule has 0 unspecified atom stereocenters. The Balaban J connectivity index is 2.49. The highest BCUT2D eigenvalue weighted by Gasteiger charge is 2.01. The standard InChI is InChI=1S/C14H13NO/c1-10-6-14(8-15-11(10)2)13-5-3-4-12(7-13)9-16/h3-9H,1-2H3. The Bertz CT molecular complexity index is 532. The Kier molecular flexibility index (Phi) is 2.82. The van der Waals surface area contributed by atoms with Crippen LogP contribution < -0.4 is 0 Å². The summed E-state index contributed by atoms with van der Waals surface area (Å²) in [6, 6.07) is 9.63. The molecule has 2 aromatic rings. The van der Waals surface area contributed by atoms with Crippen molar-refractivity contribution in [3.8, 4) is 11.1 Å². The number of carbonyl (C=O) groups excluding carboxylic acids is 1. The van der Waals surface area contributed by atoms with E-state index in [2.05, 4.69) is 11.1 Å². The van der Waals surface area contributed by atoms with E-state index < -0.39 is 0 Å². The van der Waals surface area contributed by atoms with Crippen molar-refractivity contribution < 1.29 is 4.79 Å². The number of aldehydes is 1. The Morgan fingerprint density at radius 3 is 2.62 bits per heavy atom. The SMILES string of the molecule is Cc1cc(-c2cccc(C=O)c2)cnc1C. The second-order valence-electron chi connectivity index (χ2n) is 3.87. The van der Waals surface area contributed by atoms with Crippen molar-refractivity contribution in [1.82, 2.24) is 4.98 Å². The molecular formula is C14H13NO. The molecule has 0 spiro atoms. The third-order valence-corrected chi connectivity index (χ3v) is 2.70. The van der Waals surface area contributed by atoms with E-state index in [0.717, 1.165) is 28.7 Å². The van der Waals surface area contributed by atoms with Gasteiger partial charge in [-0.25, -0.2) is 0 Å². The fraction of sp³-hybridized carbons (Fsp3) is 0.143. The van der Waals surface area contributed by atoms with Gasteiger partial charge in [-0.2, -0.15) is 0 Å². The fourth-order valence-corrected chi connectivity index (χ4v) is 1.59. The highest BCUT2D eigenvalue weighted by molar-refractivity contribution is 5.78. The van der Waals surface area contributed by atoms with Crippen molar-refractivity contribution in [3.05, 3.63) is 53.3 Å². The summed E-state index contributed by atoms with van der Waals surface area (Å²) in [6.45, 7) is 4.02. The Morgan fingerprint density at radius 1 is 1.12 bits per heavy atom. The zero-order valence-electron chi connectivity index (χ0n) is 9.40. The summed E-state index contributed by atoms with van der Waals surface area (Å²) in [5.74, 6) is 0. The number of hydrogen-bond donors (Lipinski definition) is 0. The van der Waals surface area contributed by atoms with Crippen LogP contribution in [0.4, 0.5) is 0 Å². The van der Waals surface area contributed by atoms with Crippen molar-refractivity contribution in [2.24, 2.45) is 0 Å². The predicted octanol–water partition coefficient (Wildman–Crippen LogP) is 3.18. The van der Waals surface area contributed by atoms with Gasteiger partial charge >= 0.3 is 0 Å². The van der Waals surface area contributed by atoms with Crippen molar-refractivity contribution in [2.75, 3.05) is 0 Å². The van der Waals surface area contributed by atoms with Crippen LogP contribution >= 0.6 is 0 Å². The van der Waals surface area contributed by atoms with Crippen molar-refractivity contribution in [3.63, 3.8) is 0 Å². The molecule has 0 saturated heterocycles. The maximum atomic E-state index is 10.7. The van der Waals surface area contributed by atoms with Gasteiger partial charge in [-0.15, -0.1) is 0 Å². The minimum atomic E-state index is 0.690. The average molecular weight is 211 g/mol. The summed E-state index contributed by atoms with van der Waals surface area (Å²) in [4.78, 5) is 15.0. The summed E-state index contributed by atoms with van der Waals surface area (Å²) in [5.41, 5.74) is 4.96. The molecule has 1 heterocycles. The lowest BCUT2D eigenvalue weighted by molar-refractivity contribution is 0.112. The van der Waals surface area contributed by atoms with Gasteiger partial charge in [-0.3, -0.25) is 9.78 Å². The van der Waals surface area contributed by atoms with Gasteiger partial charge in [-0.05, 0) is 37.1 Å². The monoisotopic (exact) mass is 211 g/mol. The Hall–Kier alpha value is -1.96.